The second-order valence-corrected chi connectivity index (χ2v) is 14.5. The largest absolute Gasteiger partial charge is 0.748 e. The van der Waals surface area contributed by atoms with E-state index in [1.165, 1.54) is 0 Å². The number of allylic oxidation sites excluding steroid dienone is 1. The highest BCUT2D eigenvalue weighted by molar-refractivity contribution is 7.85. The molecule has 6 rings (SSSR count). The van der Waals surface area contributed by atoms with Crippen LogP contribution in [0.15, 0.2) is 140 Å². The molecule has 6 nitrogen and oxygen atoms in total. The molecular formula is C43H39NO5S. The van der Waals surface area contributed by atoms with Crippen molar-refractivity contribution in [3.05, 3.63) is 178 Å². The molecule has 0 saturated heterocycles. The van der Waals surface area contributed by atoms with Crippen molar-refractivity contribution in [2.75, 3.05) is 12.3 Å². The minimum atomic E-state index is -4.30. The van der Waals surface area contributed by atoms with Crippen LogP contribution in [0.5, 0.6) is 0 Å². The Morgan fingerprint density at radius 1 is 0.680 bits per heavy atom. The molecule has 0 aromatic heterocycles. The first-order valence-electron chi connectivity index (χ1n) is 16.7. The zero-order valence-corrected chi connectivity index (χ0v) is 28.9. The number of rotatable bonds is 12. The molecule has 5 aromatic rings. The van der Waals surface area contributed by atoms with Gasteiger partial charge in [0, 0.05) is 29.9 Å². The van der Waals surface area contributed by atoms with E-state index in [1.807, 2.05) is 24.3 Å². The first-order chi connectivity index (χ1) is 24.0. The van der Waals surface area contributed by atoms with Gasteiger partial charge < -0.3 is 9.66 Å². The maximum absolute atomic E-state index is 11.8. The molecule has 0 aliphatic carbocycles. The van der Waals surface area contributed by atoms with Gasteiger partial charge in [-0.1, -0.05) is 115 Å². The summed E-state index contributed by atoms with van der Waals surface area (Å²) in [7, 11) is -4.30. The Bertz CT molecular complexity index is 2160. The number of fused-ring (bicyclic) bond motifs is 1. The summed E-state index contributed by atoms with van der Waals surface area (Å²) in [5.41, 5.74) is 10.1. The number of carboxylic acids is 1. The molecule has 0 spiro atoms. The average Bonchev–Trinajstić information content (AvgIpc) is 3.33. The van der Waals surface area contributed by atoms with Crippen molar-refractivity contribution >= 4 is 44.7 Å². The van der Waals surface area contributed by atoms with Gasteiger partial charge in [-0.2, -0.15) is 4.58 Å². The van der Waals surface area contributed by atoms with Crippen LogP contribution in [-0.2, 0) is 15.5 Å². The summed E-state index contributed by atoms with van der Waals surface area (Å²) in [5.74, 6) is -1.41. The van der Waals surface area contributed by atoms with Crippen molar-refractivity contribution in [3.63, 3.8) is 0 Å². The van der Waals surface area contributed by atoms with Crippen molar-refractivity contribution in [2.45, 2.75) is 32.1 Å². The molecule has 0 radical (unpaired) electrons. The quantitative estimate of drug-likeness (QED) is 0.0615. The van der Waals surface area contributed by atoms with Crippen LogP contribution in [0.1, 0.15) is 70.4 Å². The number of carbonyl (C=O) groups is 1. The predicted octanol–water partition coefficient (Wildman–Crippen LogP) is 8.81. The summed E-state index contributed by atoms with van der Waals surface area (Å²) in [6.45, 7) is 4.62. The molecule has 50 heavy (non-hydrogen) atoms. The van der Waals surface area contributed by atoms with Crippen molar-refractivity contribution in [3.8, 4) is 0 Å². The van der Waals surface area contributed by atoms with Gasteiger partial charge >= 0.3 is 5.97 Å². The second-order valence-electron chi connectivity index (χ2n) is 13.0. The van der Waals surface area contributed by atoms with Crippen LogP contribution < -0.4 is 0 Å². The molecule has 1 N–H and O–H groups in total. The van der Waals surface area contributed by atoms with Crippen molar-refractivity contribution in [1.29, 1.82) is 0 Å². The average molecular weight is 682 g/mol. The van der Waals surface area contributed by atoms with E-state index in [9.17, 15) is 22.9 Å². The highest BCUT2D eigenvalue weighted by atomic mass is 32.2. The molecule has 5 aromatic carbocycles. The lowest BCUT2D eigenvalue weighted by Crippen LogP contribution is -2.28. The van der Waals surface area contributed by atoms with Gasteiger partial charge in [0.1, 0.15) is 6.54 Å². The molecule has 0 amide bonds. The predicted molar refractivity (Wildman–Crippen MR) is 200 cm³/mol. The fraction of sp³-hybridized carbons (Fsp3) is 0.163. The van der Waals surface area contributed by atoms with Gasteiger partial charge in [-0.3, -0.25) is 0 Å². The third-order valence-corrected chi connectivity index (χ3v) is 10.0. The van der Waals surface area contributed by atoms with Crippen LogP contribution in [0.2, 0.25) is 0 Å². The van der Waals surface area contributed by atoms with E-state index < -0.39 is 27.3 Å². The molecule has 0 unspecified atom stereocenters. The normalized spacial score (nSPS) is 13.7. The number of hydrogen-bond donors (Lipinski definition) is 1. The van der Waals surface area contributed by atoms with Crippen LogP contribution in [-0.4, -0.2) is 46.6 Å². The molecule has 0 saturated carbocycles. The maximum Gasteiger partial charge on any atom is 0.335 e. The summed E-state index contributed by atoms with van der Waals surface area (Å²) in [4.78, 5) is 11.8. The number of benzene rings is 5. The van der Waals surface area contributed by atoms with Crippen LogP contribution in [0, 0.1) is 0 Å². The van der Waals surface area contributed by atoms with E-state index in [4.69, 9.17) is 0 Å². The number of nitrogens with zero attached hydrogens (tertiary/aromatic N) is 1. The molecule has 7 heteroatoms. The summed E-state index contributed by atoms with van der Waals surface area (Å²) in [6.07, 6.45) is 4.85. The maximum atomic E-state index is 11.8. The van der Waals surface area contributed by atoms with Crippen LogP contribution >= 0.6 is 0 Å². The fourth-order valence-electron chi connectivity index (χ4n) is 6.76. The highest BCUT2D eigenvalue weighted by Gasteiger charge is 2.44. The Labute approximate surface area is 294 Å². The van der Waals surface area contributed by atoms with Crippen LogP contribution in [0.4, 0.5) is 5.69 Å². The Balaban J connectivity index is 1.40. The topological polar surface area (TPSA) is 97.5 Å². The molecular weight excluding hydrogens is 643 g/mol. The summed E-state index contributed by atoms with van der Waals surface area (Å²) in [6, 6.07) is 44.9. The fourth-order valence-corrected chi connectivity index (χ4v) is 7.32. The number of carboxylic acid groups (broad SMARTS) is 1. The molecule has 0 bridgehead atoms. The first kappa shape index (κ1) is 34.5. The van der Waals surface area contributed by atoms with Crippen LogP contribution in [0.25, 0.3) is 17.2 Å². The van der Waals surface area contributed by atoms with Gasteiger partial charge in [0.25, 0.3) is 0 Å². The van der Waals surface area contributed by atoms with Crippen molar-refractivity contribution < 1.29 is 27.4 Å². The van der Waals surface area contributed by atoms with Gasteiger partial charge in [-0.05, 0) is 77.4 Å². The molecule has 1 aliphatic heterocycles. The summed E-state index contributed by atoms with van der Waals surface area (Å²) >= 11 is 0. The molecule has 252 valence electrons. The van der Waals surface area contributed by atoms with Gasteiger partial charge in [-0.15, -0.1) is 0 Å². The van der Waals surface area contributed by atoms with E-state index in [0.717, 1.165) is 55.9 Å². The minimum Gasteiger partial charge on any atom is -0.748 e. The SMILES string of the molecule is CC1(C)C(C=Cc2ccc(C(=C(c3ccccc3)c3ccccc3)c3ccccc3)cc2)=[N+](CCCCS(=O)(=O)[O-])c2ccc(C(=O)O)cc21. The Hall–Kier alpha value is -5.37. The van der Waals surface area contributed by atoms with Crippen molar-refractivity contribution in [2.24, 2.45) is 0 Å². The number of unbranched alkanes of at least 4 members (excludes halogenated alkanes) is 1. The van der Waals surface area contributed by atoms with E-state index in [2.05, 4.69) is 128 Å². The van der Waals surface area contributed by atoms with E-state index in [-0.39, 0.29) is 12.0 Å². The molecule has 1 aliphatic rings. The van der Waals surface area contributed by atoms with E-state index >= 15 is 0 Å². The van der Waals surface area contributed by atoms with Gasteiger partial charge in [0.05, 0.1) is 21.1 Å². The Morgan fingerprint density at radius 2 is 1.16 bits per heavy atom. The lowest BCUT2D eigenvalue weighted by atomic mass is 9.80. The Kier molecular flexibility index (Phi) is 10.1. The third-order valence-electron chi connectivity index (χ3n) is 9.24. The second kappa shape index (κ2) is 14.6. The zero-order chi connectivity index (χ0) is 35.3. The van der Waals surface area contributed by atoms with E-state index in [1.54, 1.807) is 12.1 Å². The van der Waals surface area contributed by atoms with Gasteiger partial charge in [0.15, 0.2) is 5.71 Å². The van der Waals surface area contributed by atoms with Gasteiger partial charge in [-0.25, -0.2) is 13.2 Å². The lowest BCUT2D eigenvalue weighted by Gasteiger charge is -2.18. The lowest BCUT2D eigenvalue weighted by molar-refractivity contribution is -0.438. The highest BCUT2D eigenvalue weighted by Crippen LogP contribution is 2.41. The zero-order valence-electron chi connectivity index (χ0n) is 28.1. The molecule has 0 atom stereocenters. The van der Waals surface area contributed by atoms with Gasteiger partial charge in [0.2, 0.25) is 5.69 Å². The minimum absolute atomic E-state index is 0.211. The summed E-state index contributed by atoms with van der Waals surface area (Å²) < 4.78 is 35.8. The Morgan fingerprint density at radius 3 is 1.64 bits per heavy atom. The standard InChI is InChI=1S/C43H39NO5S/c1-43(2)37-30-36(42(45)46)25-26-38(37)44(28-12-13-29-50(47,48)49)39(43)27-22-31-20-23-35(24-21-31)41(34-18-10-5-11-19-34)40(32-14-6-3-7-15-32)33-16-8-4-9-17-33/h3-11,14-27,30H,12-13,28-29H2,1-2H3,(H-,45,46,47,48,49). The molecule has 1 heterocycles. The van der Waals surface area contributed by atoms with Crippen molar-refractivity contribution in [1.82, 2.24) is 0 Å². The number of hydrogen-bond acceptors (Lipinski definition) is 4. The van der Waals surface area contributed by atoms with Crippen LogP contribution in [0.3, 0.4) is 0 Å². The number of aromatic carboxylic acids is 1. The third kappa shape index (κ3) is 7.59. The van der Waals surface area contributed by atoms with E-state index in [0.29, 0.717) is 13.0 Å². The smallest absolute Gasteiger partial charge is 0.335 e. The monoisotopic (exact) mass is 681 g/mol. The molecule has 0 fully saturated rings. The first-order valence-corrected chi connectivity index (χ1v) is 18.3. The summed E-state index contributed by atoms with van der Waals surface area (Å²) in [5, 5.41) is 9.69.